The van der Waals surface area contributed by atoms with Crippen LogP contribution in [0.3, 0.4) is 0 Å². The molecule has 0 unspecified atom stereocenters. The third-order valence-corrected chi connectivity index (χ3v) is 4.36. The van der Waals surface area contributed by atoms with Crippen molar-refractivity contribution in [2.24, 2.45) is 0 Å². The summed E-state index contributed by atoms with van der Waals surface area (Å²) in [6.07, 6.45) is 0.869. The highest BCUT2D eigenvalue weighted by Gasteiger charge is 2.08. The molecule has 0 aliphatic heterocycles. The Bertz CT molecular complexity index is 629. The lowest BCUT2D eigenvalue weighted by atomic mass is 10.2. The van der Waals surface area contributed by atoms with Crippen molar-refractivity contribution in [1.29, 1.82) is 0 Å². The molecule has 2 amide bonds. The van der Waals surface area contributed by atoms with Crippen LogP contribution in [0.1, 0.15) is 21.7 Å². The second-order valence-electron chi connectivity index (χ2n) is 5.59. The van der Waals surface area contributed by atoms with Crippen LogP contribution < -0.4 is 10.6 Å². The van der Waals surface area contributed by atoms with Crippen molar-refractivity contribution in [1.82, 2.24) is 15.5 Å². The molecular formula is C18H23N3O2S. The summed E-state index contributed by atoms with van der Waals surface area (Å²) in [7, 11) is 2.07. The van der Waals surface area contributed by atoms with E-state index in [4.69, 9.17) is 0 Å². The third-order valence-electron chi connectivity index (χ3n) is 3.49. The normalized spacial score (nSPS) is 10.6. The summed E-state index contributed by atoms with van der Waals surface area (Å²) in [4.78, 5) is 26.3. The number of benzene rings is 1. The molecule has 0 atom stereocenters. The summed E-state index contributed by atoms with van der Waals surface area (Å²) in [5.74, 6) is -0.367. The highest BCUT2D eigenvalue weighted by atomic mass is 32.1. The monoisotopic (exact) mass is 345 g/mol. The first kappa shape index (κ1) is 18.2. The molecule has 1 aromatic heterocycles. The minimum absolute atomic E-state index is 0.0105. The summed E-state index contributed by atoms with van der Waals surface area (Å²) in [5.41, 5.74) is 1.28. The van der Waals surface area contributed by atoms with Crippen LogP contribution in [0.5, 0.6) is 0 Å². The van der Waals surface area contributed by atoms with Crippen molar-refractivity contribution in [3.05, 3.63) is 58.3 Å². The molecule has 0 aliphatic rings. The van der Waals surface area contributed by atoms with E-state index in [1.165, 1.54) is 16.9 Å². The van der Waals surface area contributed by atoms with Crippen molar-refractivity contribution in [3.63, 3.8) is 0 Å². The fraction of sp³-hybridized carbons (Fsp3) is 0.333. The summed E-state index contributed by atoms with van der Waals surface area (Å²) < 4.78 is 0. The van der Waals surface area contributed by atoms with Crippen molar-refractivity contribution < 1.29 is 9.59 Å². The predicted octanol–water partition coefficient (Wildman–Crippen LogP) is 2.12. The molecule has 2 N–H and O–H groups in total. The zero-order chi connectivity index (χ0) is 17.2. The number of nitrogens with one attached hydrogen (secondary N) is 2. The molecule has 2 aromatic rings. The Morgan fingerprint density at radius 2 is 1.88 bits per heavy atom. The van der Waals surface area contributed by atoms with Gasteiger partial charge in [-0.15, -0.1) is 11.3 Å². The van der Waals surface area contributed by atoms with Gasteiger partial charge in [-0.2, -0.15) is 0 Å². The van der Waals surface area contributed by atoms with Gasteiger partial charge in [-0.25, -0.2) is 0 Å². The van der Waals surface area contributed by atoms with Crippen molar-refractivity contribution in [2.75, 3.05) is 26.7 Å². The summed E-state index contributed by atoms with van der Waals surface area (Å²) in [5, 5.41) is 7.28. The molecule has 0 saturated carbocycles. The van der Waals surface area contributed by atoms with E-state index >= 15 is 0 Å². The highest BCUT2D eigenvalue weighted by Crippen LogP contribution is 2.07. The molecule has 0 saturated heterocycles. The van der Waals surface area contributed by atoms with Gasteiger partial charge in [0.05, 0.1) is 11.4 Å². The van der Waals surface area contributed by atoms with Crippen LogP contribution in [0.25, 0.3) is 0 Å². The summed E-state index contributed by atoms with van der Waals surface area (Å²) in [6, 6.07) is 13.8. The number of nitrogens with zero attached hydrogens (tertiary/aromatic N) is 1. The lowest BCUT2D eigenvalue weighted by Crippen LogP contribution is -2.37. The third kappa shape index (κ3) is 6.52. The number of thiophene rings is 1. The molecule has 24 heavy (non-hydrogen) atoms. The molecular weight excluding hydrogens is 322 g/mol. The SMILES string of the molecule is CN(CCCNC(=O)CNC(=O)c1cccs1)Cc1ccccc1. The molecule has 0 fully saturated rings. The van der Waals surface area contributed by atoms with E-state index in [1.807, 2.05) is 29.6 Å². The van der Waals surface area contributed by atoms with Gasteiger partial charge in [0.2, 0.25) is 5.91 Å². The number of rotatable bonds is 9. The molecule has 1 heterocycles. The Hall–Kier alpha value is -2.18. The second-order valence-corrected chi connectivity index (χ2v) is 6.53. The quantitative estimate of drug-likeness (QED) is 0.685. The maximum absolute atomic E-state index is 11.7. The maximum atomic E-state index is 11.7. The molecule has 1 aromatic carbocycles. The smallest absolute Gasteiger partial charge is 0.261 e. The highest BCUT2D eigenvalue weighted by molar-refractivity contribution is 7.12. The van der Waals surface area contributed by atoms with Gasteiger partial charge in [0.25, 0.3) is 5.91 Å². The first-order chi connectivity index (χ1) is 11.6. The molecule has 0 spiro atoms. The fourth-order valence-corrected chi connectivity index (χ4v) is 2.91. The molecule has 128 valence electrons. The minimum atomic E-state index is -0.206. The number of hydrogen-bond donors (Lipinski definition) is 2. The van der Waals surface area contributed by atoms with E-state index in [0.29, 0.717) is 11.4 Å². The Labute approximate surface area is 146 Å². The molecule has 5 nitrogen and oxygen atoms in total. The van der Waals surface area contributed by atoms with E-state index in [0.717, 1.165) is 19.5 Å². The Balaban J connectivity index is 1.55. The zero-order valence-electron chi connectivity index (χ0n) is 13.8. The van der Waals surface area contributed by atoms with E-state index in [1.54, 1.807) is 6.07 Å². The molecule has 0 bridgehead atoms. The average molecular weight is 345 g/mol. The molecule has 0 radical (unpaired) electrons. The molecule has 0 aliphatic carbocycles. The second kappa shape index (κ2) is 9.85. The van der Waals surface area contributed by atoms with Gasteiger partial charge >= 0.3 is 0 Å². The number of amides is 2. The van der Waals surface area contributed by atoms with Crippen LogP contribution in [0.15, 0.2) is 47.8 Å². The predicted molar refractivity (Wildman–Crippen MR) is 97.1 cm³/mol. The zero-order valence-corrected chi connectivity index (χ0v) is 14.6. The van der Waals surface area contributed by atoms with Gasteiger partial charge in [0, 0.05) is 13.1 Å². The van der Waals surface area contributed by atoms with E-state index in [2.05, 4.69) is 34.7 Å². The van der Waals surface area contributed by atoms with E-state index in [9.17, 15) is 9.59 Å². The summed E-state index contributed by atoms with van der Waals surface area (Å²) in [6.45, 7) is 2.41. The van der Waals surface area contributed by atoms with Crippen LogP contribution >= 0.6 is 11.3 Å². The topological polar surface area (TPSA) is 61.4 Å². The van der Waals surface area contributed by atoms with Gasteiger partial charge in [0.15, 0.2) is 0 Å². The van der Waals surface area contributed by atoms with Crippen LogP contribution in [0, 0.1) is 0 Å². The van der Waals surface area contributed by atoms with Gasteiger partial charge in [-0.1, -0.05) is 36.4 Å². The number of hydrogen-bond acceptors (Lipinski definition) is 4. The standard InChI is InChI=1S/C18H23N3O2S/c1-21(14-15-7-3-2-4-8-15)11-6-10-19-17(22)13-20-18(23)16-9-5-12-24-16/h2-5,7-9,12H,6,10-11,13-14H2,1H3,(H,19,22)(H,20,23). The first-order valence-electron chi connectivity index (χ1n) is 7.96. The Morgan fingerprint density at radius 3 is 2.58 bits per heavy atom. The maximum Gasteiger partial charge on any atom is 0.261 e. The van der Waals surface area contributed by atoms with Crippen molar-refractivity contribution in [3.8, 4) is 0 Å². The van der Waals surface area contributed by atoms with Crippen molar-refractivity contribution >= 4 is 23.2 Å². The Kier molecular flexibility index (Phi) is 7.45. The van der Waals surface area contributed by atoms with E-state index < -0.39 is 0 Å². The van der Waals surface area contributed by atoms with Crippen LogP contribution in [-0.4, -0.2) is 43.4 Å². The first-order valence-corrected chi connectivity index (χ1v) is 8.84. The van der Waals surface area contributed by atoms with Gasteiger partial charge in [0.1, 0.15) is 0 Å². The number of carbonyl (C=O) groups is 2. The van der Waals surface area contributed by atoms with Crippen LogP contribution in [0.4, 0.5) is 0 Å². The van der Waals surface area contributed by atoms with Gasteiger partial charge < -0.3 is 15.5 Å². The fourth-order valence-electron chi connectivity index (χ4n) is 2.27. The lowest BCUT2D eigenvalue weighted by Gasteiger charge is -2.16. The van der Waals surface area contributed by atoms with Gasteiger partial charge in [-0.3, -0.25) is 9.59 Å². The number of carbonyl (C=O) groups excluding carboxylic acids is 2. The Morgan fingerprint density at radius 1 is 1.08 bits per heavy atom. The van der Waals surface area contributed by atoms with E-state index in [-0.39, 0.29) is 18.4 Å². The average Bonchev–Trinajstić information content (AvgIpc) is 3.12. The van der Waals surface area contributed by atoms with Crippen molar-refractivity contribution in [2.45, 2.75) is 13.0 Å². The molecule has 6 heteroatoms. The lowest BCUT2D eigenvalue weighted by molar-refractivity contribution is -0.120. The molecule has 2 rings (SSSR count). The van der Waals surface area contributed by atoms with Crippen LogP contribution in [-0.2, 0) is 11.3 Å². The van der Waals surface area contributed by atoms with Crippen LogP contribution in [0.2, 0.25) is 0 Å². The summed E-state index contributed by atoms with van der Waals surface area (Å²) >= 11 is 1.36. The minimum Gasteiger partial charge on any atom is -0.355 e. The van der Waals surface area contributed by atoms with Gasteiger partial charge in [-0.05, 0) is 37.0 Å². The largest absolute Gasteiger partial charge is 0.355 e.